The number of imidazole rings is 1. The molecule has 0 saturated heterocycles. The van der Waals surface area contributed by atoms with Gasteiger partial charge in [-0.25, -0.2) is 4.98 Å². The van der Waals surface area contributed by atoms with E-state index in [4.69, 9.17) is 4.98 Å². The third-order valence-corrected chi connectivity index (χ3v) is 3.81. The topological polar surface area (TPSA) is 17.8 Å². The van der Waals surface area contributed by atoms with Gasteiger partial charge in [0.1, 0.15) is 5.82 Å². The number of rotatable bonds is 2. The Kier molecular flexibility index (Phi) is 3.20. The minimum absolute atomic E-state index is 0.966. The van der Waals surface area contributed by atoms with Crippen LogP contribution in [0.15, 0.2) is 85.0 Å². The van der Waals surface area contributed by atoms with E-state index in [1.165, 1.54) is 0 Å². The summed E-state index contributed by atoms with van der Waals surface area (Å²) < 4.78 is 2.23. The van der Waals surface area contributed by atoms with Crippen molar-refractivity contribution < 1.29 is 0 Å². The number of aromatic nitrogens is 2. The fourth-order valence-corrected chi connectivity index (χ4v) is 2.79. The van der Waals surface area contributed by atoms with E-state index < -0.39 is 0 Å². The average Bonchev–Trinajstić information content (AvgIpc) is 2.76. The van der Waals surface area contributed by atoms with E-state index in [9.17, 15) is 0 Å². The lowest BCUT2D eigenvalue weighted by molar-refractivity contribution is 1.14. The third-order valence-electron chi connectivity index (χ3n) is 3.81. The van der Waals surface area contributed by atoms with E-state index >= 15 is 0 Å². The van der Waals surface area contributed by atoms with Gasteiger partial charge in [0.15, 0.2) is 0 Å². The summed E-state index contributed by atoms with van der Waals surface area (Å²) in [6.45, 7) is 0. The average molecular weight is 284 g/mol. The molecule has 1 aliphatic carbocycles. The molecule has 2 aromatic carbocycles. The largest absolute Gasteiger partial charge is 0.292 e. The fourth-order valence-electron chi connectivity index (χ4n) is 2.79. The molecule has 2 heteroatoms. The van der Waals surface area contributed by atoms with Crippen molar-refractivity contribution in [3.8, 4) is 11.4 Å². The first kappa shape index (κ1) is 12.8. The molecule has 0 atom stereocenters. The van der Waals surface area contributed by atoms with Gasteiger partial charge in [0, 0.05) is 11.3 Å². The molecule has 0 bridgehead atoms. The normalized spacial score (nSPS) is 14.1. The molecule has 0 saturated carbocycles. The predicted octanol–water partition coefficient (Wildman–Crippen LogP) is 5.06. The second-order valence-corrected chi connectivity index (χ2v) is 5.28. The van der Waals surface area contributed by atoms with E-state index in [1.807, 2.05) is 12.1 Å². The summed E-state index contributed by atoms with van der Waals surface area (Å²) in [5, 5.41) is 0. The maximum atomic E-state index is 4.85. The summed E-state index contributed by atoms with van der Waals surface area (Å²) in [5.41, 5.74) is 4.42. The van der Waals surface area contributed by atoms with Crippen LogP contribution in [0.5, 0.6) is 0 Å². The Morgan fingerprint density at radius 2 is 1.68 bits per heavy atom. The molecule has 1 heterocycles. The molecule has 0 unspecified atom stereocenters. The Bertz CT molecular complexity index is 896. The van der Waals surface area contributed by atoms with Gasteiger partial charge in [0.05, 0.1) is 11.0 Å². The van der Waals surface area contributed by atoms with E-state index in [-0.39, 0.29) is 0 Å². The molecule has 0 fully saturated rings. The van der Waals surface area contributed by atoms with Gasteiger partial charge in [-0.3, -0.25) is 4.57 Å². The van der Waals surface area contributed by atoms with Crippen molar-refractivity contribution in [3.63, 3.8) is 0 Å². The monoisotopic (exact) mass is 284 g/mol. The number of benzene rings is 2. The van der Waals surface area contributed by atoms with Crippen LogP contribution in [0.25, 0.3) is 28.1 Å². The summed E-state index contributed by atoms with van der Waals surface area (Å²) in [5.74, 6) is 0.980. The SMILES string of the molecule is C1=CCC=CC(n2c(-c3ccccc3)nc3ccccc32)=C1. The second kappa shape index (κ2) is 5.49. The van der Waals surface area contributed by atoms with Gasteiger partial charge in [-0.05, 0) is 30.7 Å². The van der Waals surface area contributed by atoms with Crippen LogP contribution < -0.4 is 0 Å². The zero-order chi connectivity index (χ0) is 14.8. The quantitative estimate of drug-likeness (QED) is 0.643. The van der Waals surface area contributed by atoms with Gasteiger partial charge in [-0.15, -0.1) is 0 Å². The molecule has 0 radical (unpaired) electrons. The molecule has 4 rings (SSSR count). The lowest BCUT2D eigenvalue weighted by Gasteiger charge is -2.10. The third kappa shape index (κ3) is 2.19. The van der Waals surface area contributed by atoms with Crippen molar-refractivity contribution in [1.82, 2.24) is 9.55 Å². The number of allylic oxidation sites excluding steroid dienone is 6. The van der Waals surface area contributed by atoms with Crippen molar-refractivity contribution in [2.75, 3.05) is 0 Å². The van der Waals surface area contributed by atoms with Gasteiger partial charge in [0.25, 0.3) is 0 Å². The zero-order valence-corrected chi connectivity index (χ0v) is 12.2. The molecule has 0 amide bonds. The van der Waals surface area contributed by atoms with Crippen LogP contribution in [0.1, 0.15) is 6.42 Å². The second-order valence-electron chi connectivity index (χ2n) is 5.28. The van der Waals surface area contributed by atoms with Crippen LogP contribution in [-0.2, 0) is 0 Å². The number of hydrogen-bond donors (Lipinski definition) is 0. The van der Waals surface area contributed by atoms with Gasteiger partial charge in [0.2, 0.25) is 0 Å². The van der Waals surface area contributed by atoms with Gasteiger partial charge < -0.3 is 0 Å². The lowest BCUT2D eigenvalue weighted by atomic mass is 10.2. The van der Waals surface area contributed by atoms with E-state index in [0.29, 0.717) is 0 Å². The van der Waals surface area contributed by atoms with Gasteiger partial charge >= 0.3 is 0 Å². The Morgan fingerprint density at radius 3 is 2.59 bits per heavy atom. The summed E-state index contributed by atoms with van der Waals surface area (Å²) in [7, 11) is 0. The molecule has 0 N–H and O–H groups in total. The number of hydrogen-bond acceptors (Lipinski definition) is 1. The number of fused-ring (bicyclic) bond motifs is 1. The van der Waals surface area contributed by atoms with Crippen LogP contribution in [-0.4, -0.2) is 9.55 Å². The standard InChI is InChI=1S/C20H16N2/c1-2-7-13-17(12-6-1)22-19-15-9-8-14-18(19)21-20(22)16-10-4-3-5-11-16/h1,3-15H,2H2. The summed E-state index contributed by atoms with van der Waals surface area (Å²) >= 11 is 0. The van der Waals surface area contributed by atoms with Crippen molar-refractivity contribution >= 4 is 16.7 Å². The maximum absolute atomic E-state index is 4.85. The first-order valence-corrected chi connectivity index (χ1v) is 7.50. The Morgan fingerprint density at radius 1 is 0.864 bits per heavy atom. The summed E-state index contributed by atoms with van der Waals surface area (Å²) in [6.07, 6.45) is 11.7. The van der Waals surface area contributed by atoms with Gasteiger partial charge in [-0.1, -0.05) is 60.7 Å². The molecule has 2 nitrogen and oxygen atoms in total. The first-order valence-electron chi connectivity index (χ1n) is 7.50. The highest BCUT2D eigenvalue weighted by Crippen LogP contribution is 2.29. The molecule has 1 aromatic heterocycles. The van der Waals surface area contributed by atoms with E-state index in [1.54, 1.807) is 0 Å². The summed E-state index contributed by atoms with van der Waals surface area (Å²) in [4.78, 5) is 4.85. The van der Waals surface area contributed by atoms with Crippen LogP contribution in [0, 0.1) is 0 Å². The van der Waals surface area contributed by atoms with Crippen molar-refractivity contribution in [2.24, 2.45) is 0 Å². The fraction of sp³-hybridized carbons (Fsp3) is 0.0500. The molecule has 106 valence electrons. The molecule has 3 aromatic rings. The Labute approximate surface area is 129 Å². The smallest absolute Gasteiger partial charge is 0.145 e. The van der Waals surface area contributed by atoms with Crippen LogP contribution in [0.2, 0.25) is 0 Å². The zero-order valence-electron chi connectivity index (χ0n) is 12.2. The Hall–Kier alpha value is -2.87. The highest BCUT2D eigenvalue weighted by atomic mass is 15.1. The highest BCUT2D eigenvalue weighted by molar-refractivity contribution is 5.86. The number of nitrogens with zero attached hydrogens (tertiary/aromatic N) is 2. The molecule has 0 aliphatic heterocycles. The highest BCUT2D eigenvalue weighted by Gasteiger charge is 2.14. The lowest BCUT2D eigenvalue weighted by Crippen LogP contribution is -1.97. The maximum Gasteiger partial charge on any atom is 0.145 e. The molecule has 0 spiro atoms. The van der Waals surface area contributed by atoms with Gasteiger partial charge in [-0.2, -0.15) is 0 Å². The minimum Gasteiger partial charge on any atom is -0.292 e. The van der Waals surface area contributed by atoms with E-state index in [2.05, 4.69) is 77.4 Å². The van der Waals surface area contributed by atoms with E-state index in [0.717, 1.165) is 34.5 Å². The van der Waals surface area contributed by atoms with Crippen molar-refractivity contribution in [2.45, 2.75) is 6.42 Å². The van der Waals surface area contributed by atoms with Crippen LogP contribution in [0.4, 0.5) is 0 Å². The minimum atomic E-state index is 0.966. The molecule has 22 heavy (non-hydrogen) atoms. The van der Waals surface area contributed by atoms with Crippen molar-refractivity contribution in [1.29, 1.82) is 0 Å². The predicted molar refractivity (Wildman–Crippen MR) is 92.3 cm³/mol. The van der Waals surface area contributed by atoms with Crippen molar-refractivity contribution in [3.05, 3.63) is 85.0 Å². The van der Waals surface area contributed by atoms with Crippen LogP contribution in [0.3, 0.4) is 0 Å². The molecular weight excluding hydrogens is 268 g/mol. The summed E-state index contributed by atoms with van der Waals surface area (Å²) in [6, 6.07) is 18.6. The first-order chi connectivity index (χ1) is 10.9. The Balaban J connectivity index is 2.02. The number of para-hydroxylation sites is 2. The van der Waals surface area contributed by atoms with Crippen LogP contribution >= 0.6 is 0 Å². The molecular formula is C20H16N2. The molecule has 1 aliphatic rings.